The quantitative estimate of drug-likeness (QED) is 0.503. The van der Waals surface area contributed by atoms with Gasteiger partial charge in [-0.3, -0.25) is 9.47 Å². The van der Waals surface area contributed by atoms with E-state index in [1.165, 1.54) is 16.7 Å². The van der Waals surface area contributed by atoms with Crippen LogP contribution in [0.1, 0.15) is 44.0 Å². The number of alkyl halides is 3. The van der Waals surface area contributed by atoms with Gasteiger partial charge in [0, 0.05) is 38.8 Å². The fraction of sp³-hybridized carbons (Fsp3) is 0.440. The van der Waals surface area contributed by atoms with Crippen LogP contribution in [0.15, 0.2) is 41.2 Å². The molecular formula is C25H27F3N6O2. The summed E-state index contributed by atoms with van der Waals surface area (Å²) in [4.78, 5) is 25.7. The van der Waals surface area contributed by atoms with E-state index >= 15 is 0 Å². The SMILES string of the molecule is CCC1CN(c2nc(=O)n(C)c3ccc(C#N)nc23)CCN1C(CC)c1ccc(OC(F)(F)F)cc1. The minimum absolute atomic E-state index is 0.00806. The van der Waals surface area contributed by atoms with Gasteiger partial charge in [0.15, 0.2) is 5.82 Å². The van der Waals surface area contributed by atoms with E-state index in [4.69, 9.17) is 0 Å². The van der Waals surface area contributed by atoms with Crippen molar-refractivity contribution in [3.63, 3.8) is 0 Å². The van der Waals surface area contributed by atoms with Crippen LogP contribution in [0.25, 0.3) is 11.0 Å². The van der Waals surface area contributed by atoms with Gasteiger partial charge in [0.25, 0.3) is 0 Å². The molecule has 0 N–H and O–H groups in total. The van der Waals surface area contributed by atoms with E-state index in [1.54, 1.807) is 31.3 Å². The summed E-state index contributed by atoms with van der Waals surface area (Å²) in [5, 5.41) is 9.32. The summed E-state index contributed by atoms with van der Waals surface area (Å²) < 4.78 is 43.0. The molecule has 1 aliphatic rings. The summed E-state index contributed by atoms with van der Waals surface area (Å²) in [5.74, 6) is 0.218. The molecule has 8 nitrogen and oxygen atoms in total. The molecule has 2 unspecified atom stereocenters. The number of hydrogen-bond acceptors (Lipinski definition) is 7. The highest BCUT2D eigenvalue weighted by atomic mass is 19.4. The molecular weight excluding hydrogens is 473 g/mol. The molecule has 0 spiro atoms. The summed E-state index contributed by atoms with van der Waals surface area (Å²) >= 11 is 0. The first-order valence-corrected chi connectivity index (χ1v) is 11.8. The molecule has 3 aromatic rings. The number of pyridine rings is 1. The van der Waals surface area contributed by atoms with Crippen molar-refractivity contribution < 1.29 is 17.9 Å². The van der Waals surface area contributed by atoms with Crippen LogP contribution < -0.4 is 15.3 Å². The molecule has 11 heteroatoms. The van der Waals surface area contributed by atoms with Gasteiger partial charge in [0.1, 0.15) is 23.0 Å². The molecule has 36 heavy (non-hydrogen) atoms. The Labute approximate surface area is 206 Å². The standard InChI is InChI=1S/C25H27F3N6O2/c1-4-18-15-33(23-22-21(32(3)24(35)31-23)11-8-17(14-29)30-22)12-13-34(18)20(5-2)16-6-9-19(10-7-16)36-25(26,27)28/h6-11,18,20H,4-5,12-13,15H2,1-3H3. The van der Waals surface area contributed by atoms with Crippen molar-refractivity contribution in [3.8, 4) is 11.8 Å². The minimum Gasteiger partial charge on any atom is -0.406 e. The summed E-state index contributed by atoms with van der Waals surface area (Å²) in [5.41, 5.74) is 1.88. The number of nitrogens with zero attached hydrogens (tertiary/aromatic N) is 6. The van der Waals surface area contributed by atoms with Crippen LogP contribution in [-0.4, -0.2) is 51.5 Å². The molecule has 4 rings (SSSR count). The maximum absolute atomic E-state index is 12.6. The molecule has 2 atom stereocenters. The van der Waals surface area contributed by atoms with Gasteiger partial charge in [0.2, 0.25) is 0 Å². The Balaban J connectivity index is 1.61. The number of nitriles is 1. The molecule has 1 fully saturated rings. The highest BCUT2D eigenvalue weighted by Crippen LogP contribution is 2.33. The molecule has 2 aromatic heterocycles. The molecule has 0 radical (unpaired) electrons. The van der Waals surface area contributed by atoms with E-state index < -0.39 is 12.1 Å². The molecule has 1 aliphatic heterocycles. The fourth-order valence-corrected chi connectivity index (χ4v) is 4.88. The second kappa shape index (κ2) is 10.1. The Morgan fingerprint density at radius 1 is 1.14 bits per heavy atom. The highest BCUT2D eigenvalue weighted by Gasteiger charge is 2.34. The molecule has 0 saturated carbocycles. The van der Waals surface area contributed by atoms with Crippen LogP contribution in [0.4, 0.5) is 19.0 Å². The Morgan fingerprint density at radius 3 is 2.47 bits per heavy atom. The number of aryl methyl sites for hydroxylation is 1. The zero-order valence-electron chi connectivity index (χ0n) is 20.3. The molecule has 0 aliphatic carbocycles. The smallest absolute Gasteiger partial charge is 0.406 e. The predicted molar refractivity (Wildman–Crippen MR) is 129 cm³/mol. The number of ether oxygens (including phenoxy) is 1. The van der Waals surface area contributed by atoms with Crippen LogP contribution in [-0.2, 0) is 7.05 Å². The van der Waals surface area contributed by atoms with Gasteiger partial charge in [0.05, 0.1) is 5.52 Å². The lowest BCUT2D eigenvalue weighted by Gasteiger charge is -2.45. The van der Waals surface area contributed by atoms with Crippen LogP contribution in [0.3, 0.4) is 0 Å². The van der Waals surface area contributed by atoms with E-state index in [9.17, 15) is 23.2 Å². The van der Waals surface area contributed by atoms with Crippen molar-refractivity contribution in [1.82, 2.24) is 19.4 Å². The van der Waals surface area contributed by atoms with Crippen molar-refractivity contribution in [3.05, 3.63) is 58.1 Å². The zero-order valence-corrected chi connectivity index (χ0v) is 20.3. The maximum atomic E-state index is 12.6. The average Bonchev–Trinajstić information content (AvgIpc) is 2.86. The predicted octanol–water partition coefficient (Wildman–Crippen LogP) is 4.15. The van der Waals surface area contributed by atoms with Crippen LogP contribution in [0.5, 0.6) is 5.75 Å². The van der Waals surface area contributed by atoms with E-state index in [0.717, 1.165) is 18.4 Å². The summed E-state index contributed by atoms with van der Waals surface area (Å²) in [7, 11) is 1.62. The van der Waals surface area contributed by atoms with E-state index in [-0.39, 0.29) is 23.5 Å². The Kier molecular flexibility index (Phi) is 7.17. The normalized spacial score (nSPS) is 17.7. The van der Waals surface area contributed by atoms with Crippen molar-refractivity contribution in [1.29, 1.82) is 5.26 Å². The number of rotatable bonds is 6. The van der Waals surface area contributed by atoms with E-state index in [2.05, 4.69) is 26.5 Å². The summed E-state index contributed by atoms with van der Waals surface area (Å²) in [6.07, 6.45) is -3.13. The molecule has 3 heterocycles. The zero-order chi connectivity index (χ0) is 26.0. The topological polar surface area (TPSA) is 87.3 Å². The van der Waals surface area contributed by atoms with Crippen molar-refractivity contribution in [2.75, 3.05) is 24.5 Å². The number of aromatic nitrogens is 3. The molecule has 0 bridgehead atoms. The fourth-order valence-electron chi connectivity index (χ4n) is 4.88. The lowest BCUT2D eigenvalue weighted by Crippen LogP contribution is -2.54. The number of halogens is 3. The van der Waals surface area contributed by atoms with Gasteiger partial charge >= 0.3 is 12.1 Å². The van der Waals surface area contributed by atoms with Gasteiger partial charge in [-0.2, -0.15) is 10.2 Å². The van der Waals surface area contributed by atoms with Gasteiger partial charge in [-0.1, -0.05) is 26.0 Å². The first kappa shape index (κ1) is 25.4. The first-order chi connectivity index (χ1) is 17.1. The third-order valence-corrected chi connectivity index (χ3v) is 6.63. The average molecular weight is 501 g/mol. The molecule has 190 valence electrons. The summed E-state index contributed by atoms with van der Waals surface area (Å²) in [6, 6.07) is 11.5. The lowest BCUT2D eigenvalue weighted by molar-refractivity contribution is -0.274. The third-order valence-electron chi connectivity index (χ3n) is 6.63. The Bertz CT molecular complexity index is 1330. The number of hydrogen-bond donors (Lipinski definition) is 0. The van der Waals surface area contributed by atoms with Gasteiger partial charge in [-0.05, 0) is 42.7 Å². The summed E-state index contributed by atoms with van der Waals surface area (Å²) in [6.45, 7) is 5.96. The molecule has 1 saturated heterocycles. The Morgan fingerprint density at radius 2 is 1.86 bits per heavy atom. The maximum Gasteiger partial charge on any atom is 0.573 e. The monoisotopic (exact) mass is 500 g/mol. The van der Waals surface area contributed by atoms with Gasteiger partial charge in [-0.15, -0.1) is 13.2 Å². The van der Waals surface area contributed by atoms with Crippen molar-refractivity contribution >= 4 is 16.9 Å². The van der Waals surface area contributed by atoms with Crippen LogP contribution in [0, 0.1) is 11.3 Å². The number of piperazine rings is 1. The second-order valence-electron chi connectivity index (χ2n) is 8.74. The van der Waals surface area contributed by atoms with E-state index in [1.807, 2.05) is 17.9 Å². The van der Waals surface area contributed by atoms with Gasteiger partial charge in [-0.25, -0.2) is 9.78 Å². The molecule has 1 aromatic carbocycles. The number of benzene rings is 1. The van der Waals surface area contributed by atoms with Crippen molar-refractivity contribution in [2.45, 2.75) is 45.1 Å². The van der Waals surface area contributed by atoms with Crippen molar-refractivity contribution in [2.24, 2.45) is 7.05 Å². The van der Waals surface area contributed by atoms with Gasteiger partial charge < -0.3 is 9.64 Å². The minimum atomic E-state index is -4.73. The van der Waals surface area contributed by atoms with Crippen LogP contribution in [0.2, 0.25) is 0 Å². The largest absolute Gasteiger partial charge is 0.573 e. The second-order valence-corrected chi connectivity index (χ2v) is 8.74. The Hall–Kier alpha value is -3.65. The van der Waals surface area contributed by atoms with Crippen LogP contribution >= 0.6 is 0 Å². The highest BCUT2D eigenvalue weighted by molar-refractivity contribution is 5.86. The van der Waals surface area contributed by atoms with E-state index in [0.29, 0.717) is 36.5 Å². The number of fused-ring (bicyclic) bond motifs is 1. The lowest BCUT2D eigenvalue weighted by atomic mass is 9.98. The first-order valence-electron chi connectivity index (χ1n) is 11.8. The molecule has 0 amide bonds. The third kappa shape index (κ3) is 5.14. The number of anilines is 1.